The molecule has 1 saturated carbocycles. The molecular weight excluding hydrogens is 230 g/mol. The maximum atomic E-state index is 11.8. The smallest absolute Gasteiger partial charge is 0.352 e. The molecule has 0 N–H and O–H groups in total. The molecule has 0 amide bonds. The zero-order valence-corrected chi connectivity index (χ0v) is 11.2. The molecule has 1 rings (SSSR count). The summed E-state index contributed by atoms with van der Waals surface area (Å²) in [6.45, 7) is 4.33. The maximum Gasteiger partial charge on any atom is 0.352 e. The third-order valence-electron chi connectivity index (χ3n) is 3.11. The molecule has 18 heavy (non-hydrogen) atoms. The minimum Gasteiger partial charge on any atom is -0.496 e. The summed E-state index contributed by atoms with van der Waals surface area (Å²) < 4.78 is 10.5. The lowest BCUT2D eigenvalue weighted by Gasteiger charge is -2.24. The highest BCUT2D eigenvalue weighted by Crippen LogP contribution is 2.32. The second-order valence-corrected chi connectivity index (χ2v) is 4.34. The summed E-state index contributed by atoms with van der Waals surface area (Å²) in [7, 11) is 0. The van der Waals surface area contributed by atoms with Crippen molar-refractivity contribution in [2.75, 3.05) is 13.2 Å². The summed E-state index contributed by atoms with van der Waals surface area (Å²) in [4.78, 5) is 11.8. The molecule has 4 heteroatoms. The molecule has 100 valence electrons. The normalized spacial score (nSPS) is 17.6. The van der Waals surface area contributed by atoms with E-state index < -0.39 is 5.97 Å². The topological polar surface area (TPSA) is 59.3 Å². The molecule has 1 fully saturated rings. The van der Waals surface area contributed by atoms with Gasteiger partial charge in [0, 0.05) is 5.92 Å². The number of carbonyl (C=O) groups is 1. The van der Waals surface area contributed by atoms with Crippen molar-refractivity contribution in [1.82, 2.24) is 0 Å². The van der Waals surface area contributed by atoms with Crippen LogP contribution in [0.15, 0.2) is 11.3 Å². The zero-order chi connectivity index (χ0) is 13.4. The predicted octanol–water partition coefficient (Wildman–Crippen LogP) is 2.94. The van der Waals surface area contributed by atoms with Crippen molar-refractivity contribution in [2.24, 2.45) is 5.92 Å². The Hall–Kier alpha value is -1.50. The lowest BCUT2D eigenvalue weighted by Crippen LogP contribution is -2.18. The van der Waals surface area contributed by atoms with Gasteiger partial charge in [0.05, 0.1) is 13.2 Å². The fourth-order valence-electron chi connectivity index (χ4n) is 2.32. The molecular formula is C14H21NO3. The highest BCUT2D eigenvalue weighted by Gasteiger charge is 2.26. The van der Waals surface area contributed by atoms with E-state index in [-0.39, 0.29) is 18.1 Å². The van der Waals surface area contributed by atoms with Crippen LogP contribution in [0.3, 0.4) is 0 Å². The van der Waals surface area contributed by atoms with E-state index in [1.165, 1.54) is 6.42 Å². The van der Waals surface area contributed by atoms with Gasteiger partial charge in [0.1, 0.15) is 11.8 Å². The van der Waals surface area contributed by atoms with Gasteiger partial charge >= 0.3 is 5.97 Å². The minimum atomic E-state index is -0.561. The summed E-state index contributed by atoms with van der Waals surface area (Å²) in [5.41, 5.74) is 0.0469. The van der Waals surface area contributed by atoms with Crippen LogP contribution >= 0.6 is 0 Å². The molecule has 4 nitrogen and oxygen atoms in total. The Morgan fingerprint density at radius 1 is 1.17 bits per heavy atom. The van der Waals surface area contributed by atoms with Crippen molar-refractivity contribution >= 4 is 5.97 Å². The molecule has 0 radical (unpaired) electrons. The first-order valence-corrected chi connectivity index (χ1v) is 6.68. The second-order valence-electron chi connectivity index (χ2n) is 4.34. The number of esters is 1. The van der Waals surface area contributed by atoms with Crippen molar-refractivity contribution < 1.29 is 14.3 Å². The second kappa shape index (κ2) is 7.75. The molecule has 0 aromatic heterocycles. The van der Waals surface area contributed by atoms with Crippen LogP contribution in [0.1, 0.15) is 46.0 Å². The fraction of sp³-hybridized carbons (Fsp3) is 0.714. The van der Waals surface area contributed by atoms with Gasteiger partial charge in [0.25, 0.3) is 0 Å². The monoisotopic (exact) mass is 251 g/mol. The average Bonchev–Trinajstić information content (AvgIpc) is 2.40. The van der Waals surface area contributed by atoms with Crippen LogP contribution in [0.25, 0.3) is 0 Å². The van der Waals surface area contributed by atoms with Crippen LogP contribution in [0.5, 0.6) is 0 Å². The van der Waals surface area contributed by atoms with Crippen molar-refractivity contribution in [2.45, 2.75) is 46.0 Å². The lowest BCUT2D eigenvalue weighted by atomic mass is 9.86. The molecule has 0 heterocycles. The minimum absolute atomic E-state index is 0.0469. The van der Waals surface area contributed by atoms with Crippen LogP contribution in [0, 0.1) is 17.2 Å². The number of ether oxygens (including phenoxy) is 2. The standard InChI is InChI=1S/C14H21NO3/c1-3-17-13(11-8-6-5-7-9-11)12(10-15)14(16)18-4-2/h11H,3-9H2,1-2H3. The van der Waals surface area contributed by atoms with Gasteiger partial charge in [-0.2, -0.15) is 5.26 Å². The summed E-state index contributed by atoms with van der Waals surface area (Å²) in [6, 6.07) is 1.95. The van der Waals surface area contributed by atoms with E-state index in [0.29, 0.717) is 12.4 Å². The van der Waals surface area contributed by atoms with Gasteiger partial charge in [0.2, 0.25) is 0 Å². The molecule has 0 unspecified atom stereocenters. The number of carbonyl (C=O) groups excluding carboxylic acids is 1. The molecule has 1 aliphatic carbocycles. The van der Waals surface area contributed by atoms with Gasteiger partial charge in [-0.25, -0.2) is 4.79 Å². The van der Waals surface area contributed by atoms with Gasteiger partial charge in [-0.15, -0.1) is 0 Å². The first kappa shape index (κ1) is 14.6. The van der Waals surface area contributed by atoms with Crippen molar-refractivity contribution in [1.29, 1.82) is 5.26 Å². The third kappa shape index (κ3) is 3.76. The Morgan fingerprint density at radius 2 is 1.78 bits per heavy atom. The van der Waals surface area contributed by atoms with Gasteiger partial charge < -0.3 is 9.47 Å². The number of nitrogens with zero attached hydrogens (tertiary/aromatic N) is 1. The third-order valence-corrected chi connectivity index (χ3v) is 3.11. The number of rotatable bonds is 5. The largest absolute Gasteiger partial charge is 0.496 e. The molecule has 0 atom stereocenters. The fourth-order valence-corrected chi connectivity index (χ4v) is 2.32. The maximum absolute atomic E-state index is 11.8. The Labute approximate surface area is 109 Å². The van der Waals surface area contributed by atoms with E-state index in [1.54, 1.807) is 6.92 Å². The van der Waals surface area contributed by atoms with Gasteiger partial charge in [-0.1, -0.05) is 19.3 Å². The van der Waals surface area contributed by atoms with E-state index in [1.807, 2.05) is 13.0 Å². The summed E-state index contributed by atoms with van der Waals surface area (Å²) >= 11 is 0. The molecule has 1 aliphatic rings. The number of nitriles is 1. The van der Waals surface area contributed by atoms with Crippen LogP contribution in [0.2, 0.25) is 0 Å². The molecule has 0 spiro atoms. The SMILES string of the molecule is CCOC(=O)C(C#N)=C(OCC)C1CCCCC1. The van der Waals surface area contributed by atoms with Crippen molar-refractivity contribution in [3.8, 4) is 6.07 Å². The number of hydrogen-bond donors (Lipinski definition) is 0. The average molecular weight is 251 g/mol. The highest BCUT2D eigenvalue weighted by molar-refractivity contribution is 5.93. The lowest BCUT2D eigenvalue weighted by molar-refractivity contribution is -0.138. The van der Waals surface area contributed by atoms with Gasteiger partial charge in [-0.3, -0.25) is 0 Å². The van der Waals surface area contributed by atoms with Crippen LogP contribution in [-0.4, -0.2) is 19.2 Å². The van der Waals surface area contributed by atoms with E-state index >= 15 is 0 Å². The van der Waals surface area contributed by atoms with E-state index in [9.17, 15) is 4.79 Å². The quantitative estimate of drug-likeness (QED) is 0.326. The first-order chi connectivity index (χ1) is 8.74. The van der Waals surface area contributed by atoms with Gasteiger partial charge in [0.15, 0.2) is 5.57 Å². The Balaban J connectivity index is 2.96. The summed E-state index contributed by atoms with van der Waals surface area (Å²) in [5.74, 6) is 0.171. The van der Waals surface area contributed by atoms with Gasteiger partial charge in [-0.05, 0) is 26.7 Å². The molecule has 0 bridgehead atoms. The van der Waals surface area contributed by atoms with E-state index in [0.717, 1.165) is 25.7 Å². The zero-order valence-electron chi connectivity index (χ0n) is 11.2. The predicted molar refractivity (Wildman–Crippen MR) is 67.5 cm³/mol. The van der Waals surface area contributed by atoms with Crippen molar-refractivity contribution in [3.63, 3.8) is 0 Å². The Morgan fingerprint density at radius 3 is 2.28 bits per heavy atom. The van der Waals surface area contributed by atoms with E-state index in [4.69, 9.17) is 14.7 Å². The summed E-state index contributed by atoms with van der Waals surface area (Å²) in [6.07, 6.45) is 5.45. The Bertz CT molecular complexity index is 349. The number of allylic oxidation sites excluding steroid dienone is 1. The van der Waals surface area contributed by atoms with Crippen molar-refractivity contribution in [3.05, 3.63) is 11.3 Å². The van der Waals surface area contributed by atoms with E-state index in [2.05, 4.69) is 0 Å². The molecule has 0 aromatic rings. The molecule has 0 aliphatic heterocycles. The molecule has 0 aromatic carbocycles. The Kier molecular flexibility index (Phi) is 6.27. The highest BCUT2D eigenvalue weighted by atomic mass is 16.5. The van der Waals surface area contributed by atoms with Crippen LogP contribution < -0.4 is 0 Å². The summed E-state index contributed by atoms with van der Waals surface area (Å²) in [5, 5.41) is 9.16. The van der Waals surface area contributed by atoms with Crippen LogP contribution in [-0.2, 0) is 14.3 Å². The van der Waals surface area contributed by atoms with Crippen LogP contribution in [0.4, 0.5) is 0 Å². The molecule has 0 saturated heterocycles. The first-order valence-electron chi connectivity index (χ1n) is 6.68. The number of hydrogen-bond acceptors (Lipinski definition) is 4.